The molecule has 0 bridgehead atoms. The quantitative estimate of drug-likeness (QED) is 0.426. The van der Waals surface area contributed by atoms with Crippen LogP contribution < -0.4 is 24.4 Å². The van der Waals surface area contributed by atoms with E-state index in [9.17, 15) is 14.4 Å². The molecular formula is C27H30N4O7. The minimum atomic E-state index is -1.44. The van der Waals surface area contributed by atoms with Gasteiger partial charge < -0.3 is 24.3 Å². The number of ether oxygens (including phenoxy) is 4. The Hall–Kier alpha value is -4.54. The van der Waals surface area contributed by atoms with Crippen molar-refractivity contribution in [3.05, 3.63) is 65.5 Å². The molecule has 1 atom stereocenters. The maximum atomic E-state index is 13.9. The van der Waals surface area contributed by atoms with Gasteiger partial charge in [-0.25, -0.2) is 4.79 Å². The number of nitrogens with one attached hydrogen (secondary N) is 1. The van der Waals surface area contributed by atoms with Gasteiger partial charge in [0.05, 0.1) is 40.2 Å². The van der Waals surface area contributed by atoms with Gasteiger partial charge >= 0.3 is 5.97 Å². The number of amides is 2. The summed E-state index contributed by atoms with van der Waals surface area (Å²) < 4.78 is 22.6. The van der Waals surface area contributed by atoms with Crippen molar-refractivity contribution in [3.8, 4) is 17.2 Å². The maximum absolute atomic E-state index is 13.9. The van der Waals surface area contributed by atoms with E-state index in [0.29, 0.717) is 22.9 Å². The second-order valence-corrected chi connectivity index (χ2v) is 8.77. The zero-order chi connectivity index (χ0) is 27.4. The lowest BCUT2D eigenvalue weighted by atomic mass is 9.93. The van der Waals surface area contributed by atoms with Crippen LogP contribution in [0.2, 0.25) is 0 Å². The number of nitrogens with zero attached hydrogens (tertiary/aromatic N) is 3. The molecule has 0 saturated heterocycles. The maximum Gasteiger partial charge on any atom is 0.358 e. The van der Waals surface area contributed by atoms with Gasteiger partial charge in [0.25, 0.3) is 5.91 Å². The molecular weight excluding hydrogens is 492 g/mol. The molecule has 1 N–H and O–H groups in total. The summed E-state index contributed by atoms with van der Waals surface area (Å²) in [5, 5.41) is 7.22. The largest absolute Gasteiger partial charge is 0.497 e. The molecule has 2 aromatic carbocycles. The summed E-state index contributed by atoms with van der Waals surface area (Å²) in [5.74, 6) is -0.105. The summed E-state index contributed by atoms with van der Waals surface area (Å²) in [5.41, 5.74) is -0.164. The lowest BCUT2D eigenvalue weighted by Gasteiger charge is -2.43. The van der Waals surface area contributed by atoms with Gasteiger partial charge in [0.15, 0.2) is 5.69 Å². The third-order valence-corrected chi connectivity index (χ3v) is 6.35. The number of benzene rings is 2. The second kappa shape index (κ2) is 10.8. The highest BCUT2D eigenvalue weighted by Gasteiger charge is 2.49. The van der Waals surface area contributed by atoms with Crippen LogP contribution in [-0.4, -0.2) is 61.0 Å². The molecule has 0 fully saturated rings. The van der Waals surface area contributed by atoms with E-state index in [1.54, 1.807) is 45.2 Å². The topological polar surface area (TPSA) is 121 Å². The third-order valence-electron chi connectivity index (χ3n) is 6.35. The number of carbonyl (C=O) groups is 3. The Balaban J connectivity index is 1.78. The van der Waals surface area contributed by atoms with Crippen molar-refractivity contribution in [2.24, 2.45) is 0 Å². The van der Waals surface area contributed by atoms with E-state index in [0.717, 1.165) is 5.56 Å². The lowest BCUT2D eigenvalue weighted by molar-refractivity contribution is -0.126. The Morgan fingerprint density at radius 1 is 1.03 bits per heavy atom. The van der Waals surface area contributed by atoms with Crippen LogP contribution in [0.1, 0.15) is 40.4 Å². The monoisotopic (exact) mass is 522 g/mol. The summed E-state index contributed by atoms with van der Waals surface area (Å²) in [4.78, 5) is 41.5. The number of carbonyl (C=O) groups excluding carboxylic acids is 3. The van der Waals surface area contributed by atoms with Crippen LogP contribution in [0.15, 0.2) is 48.5 Å². The first kappa shape index (κ1) is 26.5. The van der Waals surface area contributed by atoms with E-state index >= 15 is 0 Å². The van der Waals surface area contributed by atoms with Crippen LogP contribution in [0.25, 0.3) is 0 Å². The minimum absolute atomic E-state index is 0.0166. The molecule has 0 saturated carbocycles. The number of fused-ring (bicyclic) bond motifs is 1. The molecule has 1 aliphatic rings. The molecule has 2 amide bonds. The van der Waals surface area contributed by atoms with Crippen LogP contribution in [-0.2, 0) is 22.6 Å². The Bertz CT molecular complexity index is 1350. The number of esters is 1. The van der Waals surface area contributed by atoms with Gasteiger partial charge in [0.1, 0.15) is 28.5 Å². The van der Waals surface area contributed by atoms with Crippen molar-refractivity contribution in [3.63, 3.8) is 0 Å². The van der Waals surface area contributed by atoms with Crippen molar-refractivity contribution in [2.75, 3.05) is 32.8 Å². The fraction of sp³-hybridized carbons (Fsp3) is 0.333. The summed E-state index contributed by atoms with van der Waals surface area (Å²) in [7, 11) is 4.55. The second-order valence-electron chi connectivity index (χ2n) is 8.77. The van der Waals surface area contributed by atoms with Crippen LogP contribution in [0.5, 0.6) is 17.2 Å². The Morgan fingerprint density at radius 3 is 2.34 bits per heavy atom. The molecule has 11 heteroatoms. The molecule has 2 heterocycles. The highest BCUT2D eigenvalue weighted by Crippen LogP contribution is 2.37. The van der Waals surface area contributed by atoms with E-state index in [1.807, 2.05) is 18.2 Å². The molecule has 4 rings (SSSR count). The van der Waals surface area contributed by atoms with Gasteiger partial charge in [0, 0.05) is 36.4 Å². The predicted octanol–water partition coefficient (Wildman–Crippen LogP) is 2.82. The fourth-order valence-corrected chi connectivity index (χ4v) is 4.43. The van der Waals surface area contributed by atoms with Gasteiger partial charge in [0.2, 0.25) is 5.91 Å². The van der Waals surface area contributed by atoms with Crippen LogP contribution in [0, 0.1) is 0 Å². The molecule has 0 aliphatic carbocycles. The van der Waals surface area contributed by atoms with E-state index in [4.69, 9.17) is 18.9 Å². The van der Waals surface area contributed by atoms with Gasteiger partial charge in [-0.1, -0.05) is 18.2 Å². The SMILES string of the molecule is CCOC(=O)c1cc2n(n1)CC(C)(C(=O)NCc1ccccc1OC)N(c1cc(OC)cc(OC)c1)C2=O. The van der Waals surface area contributed by atoms with Gasteiger partial charge in [-0.3, -0.25) is 19.2 Å². The predicted molar refractivity (Wildman–Crippen MR) is 138 cm³/mol. The molecule has 0 radical (unpaired) electrons. The Morgan fingerprint density at radius 2 is 1.71 bits per heavy atom. The Labute approximate surface area is 220 Å². The van der Waals surface area contributed by atoms with Crippen LogP contribution in [0.4, 0.5) is 5.69 Å². The van der Waals surface area contributed by atoms with E-state index in [-0.39, 0.29) is 31.1 Å². The van der Waals surface area contributed by atoms with Gasteiger partial charge in [-0.2, -0.15) is 5.10 Å². The first-order valence-corrected chi connectivity index (χ1v) is 12.0. The summed E-state index contributed by atoms with van der Waals surface area (Å²) in [6.07, 6.45) is 0. The fourth-order valence-electron chi connectivity index (χ4n) is 4.43. The molecule has 11 nitrogen and oxygen atoms in total. The molecule has 3 aromatic rings. The van der Waals surface area contributed by atoms with Crippen molar-refractivity contribution < 1.29 is 33.3 Å². The highest BCUT2D eigenvalue weighted by atomic mass is 16.5. The standard InChI is InChI=1S/C27H30N4O7/c1-6-38-25(33)21-14-22-24(32)31(18-11-19(35-3)13-20(12-18)36-4)27(2,16-30(22)29-21)26(34)28-15-17-9-7-8-10-23(17)37-5/h7-14H,6,15-16H2,1-5H3,(H,28,34). The van der Waals surface area contributed by atoms with E-state index < -0.39 is 23.3 Å². The molecule has 1 aliphatic heterocycles. The van der Waals surface area contributed by atoms with Crippen molar-refractivity contribution in [1.29, 1.82) is 0 Å². The Kier molecular flexibility index (Phi) is 7.56. The smallest absolute Gasteiger partial charge is 0.358 e. The van der Waals surface area contributed by atoms with Gasteiger partial charge in [-0.05, 0) is 19.9 Å². The molecule has 0 spiro atoms. The van der Waals surface area contributed by atoms with Crippen LogP contribution >= 0.6 is 0 Å². The number of hydrogen-bond acceptors (Lipinski definition) is 8. The van der Waals surface area contributed by atoms with E-state index in [2.05, 4.69) is 10.4 Å². The number of hydrogen-bond donors (Lipinski definition) is 1. The first-order valence-electron chi connectivity index (χ1n) is 12.0. The summed E-state index contributed by atoms with van der Waals surface area (Å²) in [6.45, 7) is 3.63. The molecule has 1 aromatic heterocycles. The normalized spacial score (nSPS) is 16.4. The summed E-state index contributed by atoms with van der Waals surface area (Å²) >= 11 is 0. The number of methoxy groups -OCH3 is 3. The van der Waals surface area contributed by atoms with Crippen molar-refractivity contribution in [1.82, 2.24) is 15.1 Å². The molecule has 38 heavy (non-hydrogen) atoms. The lowest BCUT2D eigenvalue weighted by Crippen LogP contribution is -2.64. The molecule has 200 valence electrons. The zero-order valence-corrected chi connectivity index (χ0v) is 21.9. The third kappa shape index (κ3) is 4.86. The van der Waals surface area contributed by atoms with E-state index in [1.165, 1.54) is 29.9 Å². The van der Waals surface area contributed by atoms with Gasteiger partial charge in [-0.15, -0.1) is 0 Å². The van der Waals surface area contributed by atoms with Crippen molar-refractivity contribution >= 4 is 23.5 Å². The number of aromatic nitrogens is 2. The molecule has 1 unspecified atom stereocenters. The number of para-hydroxylation sites is 1. The first-order chi connectivity index (χ1) is 18.2. The average molecular weight is 523 g/mol. The van der Waals surface area contributed by atoms with Crippen LogP contribution in [0.3, 0.4) is 0 Å². The number of rotatable bonds is 9. The highest BCUT2D eigenvalue weighted by molar-refractivity contribution is 6.12. The average Bonchev–Trinajstić information content (AvgIpc) is 3.36. The summed E-state index contributed by atoms with van der Waals surface area (Å²) in [6, 6.07) is 13.7. The zero-order valence-electron chi connectivity index (χ0n) is 21.9. The number of anilines is 1. The van der Waals surface area contributed by atoms with Crippen molar-refractivity contribution in [2.45, 2.75) is 32.5 Å². The minimum Gasteiger partial charge on any atom is -0.497 e.